The largest absolute Gasteiger partial charge is 0.573 e. The molecule has 1 aliphatic heterocycles. The second kappa shape index (κ2) is 8.41. The lowest BCUT2D eigenvalue weighted by Crippen LogP contribution is -2.18. The molecule has 0 saturated heterocycles. The fourth-order valence-corrected chi connectivity index (χ4v) is 3.95. The Balaban J connectivity index is 1.69. The number of nitrogens with zero attached hydrogens (tertiary/aromatic N) is 2. The van der Waals surface area contributed by atoms with Crippen LogP contribution in [-0.4, -0.2) is 24.3 Å². The third-order valence-electron chi connectivity index (χ3n) is 4.31. The minimum absolute atomic E-state index is 0.187. The number of ether oxygens (including phenoxy) is 3. The minimum Gasteiger partial charge on any atom is -0.457 e. The quantitative estimate of drug-likeness (QED) is 0.620. The molecule has 0 unspecified atom stereocenters. The Hall–Kier alpha value is -2.98. The van der Waals surface area contributed by atoms with Gasteiger partial charge in [-0.05, 0) is 49.4 Å². The van der Waals surface area contributed by atoms with Crippen molar-refractivity contribution in [1.29, 1.82) is 0 Å². The van der Waals surface area contributed by atoms with Crippen LogP contribution in [0.25, 0.3) is 11.3 Å². The summed E-state index contributed by atoms with van der Waals surface area (Å²) in [5.74, 6) is 1.16. The van der Waals surface area contributed by atoms with E-state index in [9.17, 15) is 13.2 Å². The van der Waals surface area contributed by atoms with Crippen LogP contribution >= 0.6 is 11.3 Å². The van der Waals surface area contributed by atoms with Crippen LogP contribution in [0, 0.1) is 0 Å². The van der Waals surface area contributed by atoms with Gasteiger partial charge < -0.3 is 24.5 Å². The van der Waals surface area contributed by atoms with Gasteiger partial charge in [0, 0.05) is 23.6 Å². The van der Waals surface area contributed by atoms with E-state index in [1.54, 1.807) is 0 Å². The number of rotatable bonds is 6. The predicted molar refractivity (Wildman–Crippen MR) is 106 cm³/mol. The molecular weight excluding hydrogens is 419 g/mol. The molecule has 2 N–H and O–H groups in total. The molecule has 2 aromatic carbocycles. The third kappa shape index (κ3) is 4.77. The summed E-state index contributed by atoms with van der Waals surface area (Å²) in [6.07, 6.45) is -3.98. The molecule has 158 valence electrons. The molecular formula is C20H18F3N3O3S. The van der Waals surface area contributed by atoms with Crippen LogP contribution in [0.3, 0.4) is 0 Å². The lowest BCUT2D eigenvalue weighted by molar-refractivity contribution is -0.274. The van der Waals surface area contributed by atoms with Crippen molar-refractivity contribution in [3.63, 3.8) is 0 Å². The van der Waals surface area contributed by atoms with Crippen LogP contribution in [0.1, 0.15) is 6.42 Å². The first kappa shape index (κ1) is 20.3. The first-order chi connectivity index (χ1) is 14.4. The van der Waals surface area contributed by atoms with Gasteiger partial charge in [-0.3, -0.25) is 0 Å². The SMILES string of the molecule is NCCCn1c(-c2cc3cc(c2)OCO3)csc1=Nc1ccc(OC(F)(F)F)cc1. The van der Waals surface area contributed by atoms with Gasteiger partial charge >= 0.3 is 6.36 Å². The molecule has 0 saturated carbocycles. The van der Waals surface area contributed by atoms with Crippen molar-refractivity contribution in [2.75, 3.05) is 13.3 Å². The number of fused-ring (bicyclic) bond motifs is 2. The highest BCUT2D eigenvalue weighted by Crippen LogP contribution is 2.33. The molecule has 3 aromatic rings. The summed E-state index contributed by atoms with van der Waals surface area (Å²) in [7, 11) is 0. The number of hydrogen-bond acceptors (Lipinski definition) is 6. The van der Waals surface area contributed by atoms with Gasteiger partial charge in [0.15, 0.2) is 4.80 Å². The van der Waals surface area contributed by atoms with Crippen LogP contribution < -0.4 is 24.7 Å². The van der Waals surface area contributed by atoms with Gasteiger partial charge in [0.25, 0.3) is 0 Å². The average Bonchev–Trinajstić information content (AvgIpc) is 3.09. The molecule has 2 bridgehead atoms. The standard InChI is InChI=1S/C20H18F3N3O3S/c21-20(22,23)29-15-4-2-14(3-5-15)25-19-26(7-1-6-24)18(11-30-19)13-8-16-10-17(9-13)28-12-27-16/h2-5,8-11H,1,6-7,12,24H2. The molecule has 0 spiro atoms. The fraction of sp³-hybridized carbons (Fsp3) is 0.250. The van der Waals surface area contributed by atoms with Gasteiger partial charge in [0.1, 0.15) is 17.2 Å². The van der Waals surface area contributed by atoms with E-state index < -0.39 is 6.36 Å². The molecule has 1 aliphatic rings. The Kier molecular flexibility index (Phi) is 5.69. The predicted octanol–water partition coefficient (Wildman–Crippen LogP) is 4.43. The molecule has 4 rings (SSSR count). The number of nitrogens with two attached hydrogens (primary N) is 1. The first-order valence-corrected chi connectivity index (χ1v) is 9.99. The van der Waals surface area contributed by atoms with Gasteiger partial charge in [-0.15, -0.1) is 24.5 Å². The first-order valence-electron chi connectivity index (χ1n) is 9.11. The van der Waals surface area contributed by atoms with Gasteiger partial charge in [-0.2, -0.15) is 0 Å². The van der Waals surface area contributed by atoms with Crippen molar-refractivity contribution in [1.82, 2.24) is 4.57 Å². The van der Waals surface area contributed by atoms with Gasteiger partial charge in [0.2, 0.25) is 6.79 Å². The number of benzene rings is 2. The molecule has 0 aliphatic carbocycles. The maximum Gasteiger partial charge on any atom is 0.573 e. The van der Waals surface area contributed by atoms with E-state index in [1.807, 2.05) is 28.1 Å². The Morgan fingerprint density at radius 2 is 1.80 bits per heavy atom. The fourth-order valence-electron chi connectivity index (χ4n) is 3.00. The lowest BCUT2D eigenvalue weighted by Gasteiger charge is -2.18. The van der Waals surface area contributed by atoms with E-state index in [0.717, 1.165) is 29.2 Å². The summed E-state index contributed by atoms with van der Waals surface area (Å²) in [5.41, 5.74) is 8.07. The summed E-state index contributed by atoms with van der Waals surface area (Å²) >= 11 is 1.43. The van der Waals surface area contributed by atoms with Crippen LogP contribution in [0.2, 0.25) is 0 Å². The Morgan fingerprint density at radius 1 is 1.10 bits per heavy atom. The van der Waals surface area contributed by atoms with Gasteiger partial charge in [0.05, 0.1) is 11.4 Å². The van der Waals surface area contributed by atoms with Crippen molar-refractivity contribution < 1.29 is 27.4 Å². The summed E-state index contributed by atoms with van der Waals surface area (Å²) in [5, 5.41) is 1.97. The van der Waals surface area contributed by atoms with Crippen molar-refractivity contribution in [3.05, 3.63) is 52.6 Å². The van der Waals surface area contributed by atoms with Gasteiger partial charge in [-0.1, -0.05) is 0 Å². The maximum absolute atomic E-state index is 12.3. The number of halogens is 3. The van der Waals surface area contributed by atoms with Crippen molar-refractivity contribution in [2.45, 2.75) is 19.3 Å². The van der Waals surface area contributed by atoms with Gasteiger partial charge in [-0.25, -0.2) is 4.99 Å². The minimum atomic E-state index is -4.73. The molecule has 0 radical (unpaired) electrons. The third-order valence-corrected chi connectivity index (χ3v) is 5.17. The van der Waals surface area contributed by atoms with E-state index in [2.05, 4.69) is 9.73 Å². The van der Waals surface area contributed by atoms with Crippen LogP contribution in [0.15, 0.2) is 52.8 Å². The zero-order valence-electron chi connectivity index (χ0n) is 15.7. The second-order valence-corrected chi connectivity index (χ2v) is 7.29. The second-order valence-electron chi connectivity index (χ2n) is 6.45. The molecule has 10 heteroatoms. The molecule has 0 amide bonds. The number of hydrogen-bond donors (Lipinski definition) is 1. The van der Waals surface area contributed by atoms with E-state index >= 15 is 0 Å². The highest BCUT2D eigenvalue weighted by atomic mass is 32.1. The number of alkyl halides is 3. The van der Waals surface area contributed by atoms with Crippen LogP contribution in [0.4, 0.5) is 18.9 Å². The molecule has 6 nitrogen and oxygen atoms in total. The van der Waals surface area contributed by atoms with E-state index in [-0.39, 0.29) is 12.5 Å². The molecule has 0 fully saturated rings. The number of aromatic nitrogens is 1. The Labute approximate surface area is 174 Å². The zero-order chi connectivity index (χ0) is 21.1. The van der Waals surface area contributed by atoms with Crippen LogP contribution in [-0.2, 0) is 6.54 Å². The summed E-state index contributed by atoms with van der Waals surface area (Å²) in [4.78, 5) is 5.30. The highest BCUT2D eigenvalue weighted by Gasteiger charge is 2.30. The van der Waals surface area contributed by atoms with E-state index in [1.165, 1.54) is 35.6 Å². The summed E-state index contributed by atoms with van der Waals surface area (Å²) in [6, 6.07) is 11.1. The molecule has 0 atom stereocenters. The lowest BCUT2D eigenvalue weighted by atomic mass is 10.1. The van der Waals surface area contributed by atoms with E-state index in [0.29, 0.717) is 23.6 Å². The highest BCUT2D eigenvalue weighted by molar-refractivity contribution is 7.07. The Bertz CT molecular complexity index is 1070. The molecule has 2 heterocycles. The average molecular weight is 437 g/mol. The van der Waals surface area contributed by atoms with E-state index in [4.69, 9.17) is 15.2 Å². The zero-order valence-corrected chi connectivity index (χ0v) is 16.5. The van der Waals surface area contributed by atoms with Crippen molar-refractivity contribution in [2.24, 2.45) is 10.7 Å². The monoisotopic (exact) mass is 437 g/mol. The smallest absolute Gasteiger partial charge is 0.457 e. The van der Waals surface area contributed by atoms with Crippen molar-refractivity contribution in [3.8, 4) is 28.5 Å². The summed E-state index contributed by atoms with van der Waals surface area (Å²) in [6.45, 7) is 1.35. The summed E-state index contributed by atoms with van der Waals surface area (Å²) < 4.78 is 53.8. The maximum atomic E-state index is 12.3. The molecule has 1 aromatic heterocycles. The topological polar surface area (TPSA) is 71.0 Å². The van der Waals surface area contributed by atoms with Crippen molar-refractivity contribution >= 4 is 17.0 Å². The number of thiazole rings is 1. The van der Waals surface area contributed by atoms with Crippen LogP contribution in [0.5, 0.6) is 17.2 Å². The Morgan fingerprint density at radius 3 is 2.43 bits per heavy atom. The molecule has 30 heavy (non-hydrogen) atoms. The normalized spacial score (nSPS) is 13.7.